The van der Waals surface area contributed by atoms with Gasteiger partial charge in [-0.3, -0.25) is 0 Å². The van der Waals surface area contributed by atoms with Crippen LogP contribution in [0, 0.1) is 29.1 Å². The topological polar surface area (TPSA) is 23.8 Å². The summed E-state index contributed by atoms with van der Waals surface area (Å²) >= 11 is 0. The summed E-state index contributed by atoms with van der Waals surface area (Å²) < 4.78 is 0. The van der Waals surface area contributed by atoms with Crippen LogP contribution in [0.1, 0.15) is 27.7 Å². The quantitative estimate of drug-likeness (QED) is 0.556. The van der Waals surface area contributed by atoms with Gasteiger partial charge in [0.2, 0.25) is 0 Å². The van der Waals surface area contributed by atoms with E-state index in [0.717, 1.165) is 0 Å². The summed E-state index contributed by atoms with van der Waals surface area (Å²) in [4.78, 5) is 0. The first-order chi connectivity index (χ1) is 4.09. The SMILES string of the molecule is CC(C)C(C)C(C)C#N. The molecule has 0 aliphatic carbocycles. The zero-order valence-electron chi connectivity index (χ0n) is 6.68. The first kappa shape index (κ1) is 8.49. The zero-order valence-corrected chi connectivity index (χ0v) is 6.68. The molecule has 52 valence electrons. The van der Waals surface area contributed by atoms with Crippen LogP contribution in [-0.4, -0.2) is 0 Å². The number of hydrogen-bond acceptors (Lipinski definition) is 1. The lowest BCUT2D eigenvalue weighted by molar-refractivity contribution is 0.348. The maximum absolute atomic E-state index is 8.50. The van der Waals surface area contributed by atoms with Gasteiger partial charge in [0, 0.05) is 5.92 Å². The van der Waals surface area contributed by atoms with Crippen molar-refractivity contribution in [3.8, 4) is 6.07 Å². The van der Waals surface area contributed by atoms with E-state index in [-0.39, 0.29) is 5.92 Å². The molecule has 2 atom stereocenters. The summed E-state index contributed by atoms with van der Waals surface area (Å²) in [6, 6.07) is 2.25. The fourth-order valence-electron chi connectivity index (χ4n) is 0.695. The number of nitrogens with zero attached hydrogens (tertiary/aromatic N) is 1. The Morgan fingerprint density at radius 2 is 1.56 bits per heavy atom. The molecule has 0 aromatic heterocycles. The van der Waals surface area contributed by atoms with Crippen molar-refractivity contribution >= 4 is 0 Å². The molecule has 0 heterocycles. The zero-order chi connectivity index (χ0) is 7.44. The Labute approximate surface area is 57.7 Å². The highest BCUT2D eigenvalue weighted by Gasteiger charge is 2.13. The molecule has 0 aromatic carbocycles. The van der Waals surface area contributed by atoms with E-state index in [9.17, 15) is 0 Å². The van der Waals surface area contributed by atoms with Gasteiger partial charge in [0.1, 0.15) is 0 Å². The van der Waals surface area contributed by atoms with Gasteiger partial charge >= 0.3 is 0 Å². The molecule has 0 radical (unpaired) electrons. The molecule has 0 amide bonds. The van der Waals surface area contributed by atoms with Crippen LogP contribution in [0.5, 0.6) is 0 Å². The second-order valence-electron chi connectivity index (χ2n) is 3.02. The first-order valence-electron chi connectivity index (χ1n) is 3.49. The van der Waals surface area contributed by atoms with Crippen molar-refractivity contribution in [2.45, 2.75) is 27.7 Å². The van der Waals surface area contributed by atoms with Crippen LogP contribution in [0.25, 0.3) is 0 Å². The van der Waals surface area contributed by atoms with Gasteiger partial charge in [-0.15, -0.1) is 0 Å². The highest BCUT2D eigenvalue weighted by molar-refractivity contribution is 4.83. The van der Waals surface area contributed by atoms with Crippen LogP contribution in [0.2, 0.25) is 0 Å². The third-order valence-corrected chi connectivity index (χ3v) is 2.04. The lowest BCUT2D eigenvalue weighted by atomic mass is 9.87. The number of hydrogen-bond donors (Lipinski definition) is 0. The fourth-order valence-corrected chi connectivity index (χ4v) is 0.695. The molecule has 0 bridgehead atoms. The molecule has 0 rings (SSSR count). The lowest BCUT2D eigenvalue weighted by Crippen LogP contribution is -2.11. The average Bonchev–Trinajstić information content (AvgIpc) is 1.84. The Balaban J connectivity index is 3.76. The van der Waals surface area contributed by atoms with E-state index in [1.165, 1.54) is 0 Å². The lowest BCUT2D eigenvalue weighted by Gasteiger charge is -2.16. The summed E-state index contributed by atoms with van der Waals surface area (Å²) in [6.45, 7) is 8.40. The molecule has 0 aliphatic rings. The monoisotopic (exact) mass is 125 g/mol. The van der Waals surface area contributed by atoms with Gasteiger partial charge in [-0.05, 0) is 18.8 Å². The molecule has 1 nitrogen and oxygen atoms in total. The Hall–Kier alpha value is -0.510. The van der Waals surface area contributed by atoms with Crippen molar-refractivity contribution in [3.05, 3.63) is 0 Å². The van der Waals surface area contributed by atoms with E-state index in [2.05, 4.69) is 26.8 Å². The predicted octanol–water partition coefficient (Wildman–Crippen LogP) is 2.44. The van der Waals surface area contributed by atoms with Crippen molar-refractivity contribution in [2.75, 3.05) is 0 Å². The Kier molecular flexibility index (Phi) is 3.30. The predicted molar refractivity (Wildman–Crippen MR) is 38.8 cm³/mol. The maximum atomic E-state index is 8.50. The minimum atomic E-state index is 0.199. The first-order valence-corrected chi connectivity index (χ1v) is 3.49. The van der Waals surface area contributed by atoms with E-state index in [4.69, 9.17) is 5.26 Å². The van der Waals surface area contributed by atoms with E-state index >= 15 is 0 Å². The van der Waals surface area contributed by atoms with Gasteiger partial charge in [-0.2, -0.15) is 5.26 Å². The molecule has 9 heavy (non-hydrogen) atoms. The second-order valence-corrected chi connectivity index (χ2v) is 3.02. The number of rotatable bonds is 2. The van der Waals surface area contributed by atoms with Gasteiger partial charge < -0.3 is 0 Å². The van der Waals surface area contributed by atoms with Gasteiger partial charge in [0.25, 0.3) is 0 Å². The molecule has 0 saturated carbocycles. The Morgan fingerprint density at radius 1 is 1.11 bits per heavy atom. The molecule has 0 N–H and O–H groups in total. The highest BCUT2D eigenvalue weighted by Crippen LogP contribution is 2.18. The van der Waals surface area contributed by atoms with E-state index in [1.54, 1.807) is 0 Å². The van der Waals surface area contributed by atoms with Gasteiger partial charge in [-0.1, -0.05) is 20.8 Å². The summed E-state index contributed by atoms with van der Waals surface area (Å²) in [5.74, 6) is 1.35. The molecule has 0 spiro atoms. The Bertz CT molecular complexity index is 110. The molecule has 1 heteroatoms. The molecule has 0 aromatic rings. The number of nitriles is 1. The van der Waals surface area contributed by atoms with Crippen molar-refractivity contribution in [2.24, 2.45) is 17.8 Å². The van der Waals surface area contributed by atoms with Gasteiger partial charge in [0.05, 0.1) is 6.07 Å². The minimum absolute atomic E-state index is 0.199. The maximum Gasteiger partial charge on any atom is 0.0655 e. The Morgan fingerprint density at radius 3 is 1.67 bits per heavy atom. The molecular weight excluding hydrogens is 110 g/mol. The van der Waals surface area contributed by atoms with Crippen LogP contribution in [0.4, 0.5) is 0 Å². The summed E-state index contributed by atoms with van der Waals surface area (Å²) in [7, 11) is 0. The summed E-state index contributed by atoms with van der Waals surface area (Å²) in [5, 5.41) is 8.50. The third-order valence-electron chi connectivity index (χ3n) is 2.04. The molecule has 0 fully saturated rings. The van der Waals surface area contributed by atoms with Crippen LogP contribution < -0.4 is 0 Å². The second kappa shape index (κ2) is 3.50. The molecule has 0 saturated heterocycles. The van der Waals surface area contributed by atoms with Crippen molar-refractivity contribution in [3.63, 3.8) is 0 Å². The van der Waals surface area contributed by atoms with E-state index in [1.807, 2.05) is 6.92 Å². The van der Waals surface area contributed by atoms with Crippen LogP contribution >= 0.6 is 0 Å². The van der Waals surface area contributed by atoms with Crippen molar-refractivity contribution < 1.29 is 0 Å². The molecular formula is C8H15N. The highest BCUT2D eigenvalue weighted by atomic mass is 14.3. The minimum Gasteiger partial charge on any atom is -0.198 e. The van der Waals surface area contributed by atoms with Crippen LogP contribution in [-0.2, 0) is 0 Å². The van der Waals surface area contributed by atoms with Crippen LogP contribution in [0.3, 0.4) is 0 Å². The molecule has 0 aliphatic heterocycles. The normalized spacial score (nSPS) is 16.9. The van der Waals surface area contributed by atoms with Gasteiger partial charge in [0.15, 0.2) is 0 Å². The fraction of sp³-hybridized carbons (Fsp3) is 0.875. The van der Waals surface area contributed by atoms with E-state index < -0.39 is 0 Å². The standard InChI is InChI=1S/C8H15N/c1-6(2)8(4)7(3)5-9/h6-8H,1-4H3. The smallest absolute Gasteiger partial charge is 0.0655 e. The average molecular weight is 125 g/mol. The largest absolute Gasteiger partial charge is 0.198 e. The van der Waals surface area contributed by atoms with Crippen molar-refractivity contribution in [1.82, 2.24) is 0 Å². The molecule has 2 unspecified atom stereocenters. The third kappa shape index (κ3) is 2.51. The van der Waals surface area contributed by atoms with Gasteiger partial charge in [-0.25, -0.2) is 0 Å². The van der Waals surface area contributed by atoms with E-state index in [0.29, 0.717) is 11.8 Å². The van der Waals surface area contributed by atoms with Crippen LogP contribution in [0.15, 0.2) is 0 Å². The summed E-state index contributed by atoms with van der Waals surface area (Å²) in [6.07, 6.45) is 0. The summed E-state index contributed by atoms with van der Waals surface area (Å²) in [5.41, 5.74) is 0. The van der Waals surface area contributed by atoms with Crippen molar-refractivity contribution in [1.29, 1.82) is 5.26 Å².